The van der Waals surface area contributed by atoms with Crippen molar-refractivity contribution in [1.82, 2.24) is 35.1 Å². The third-order valence-corrected chi connectivity index (χ3v) is 5.75. The van der Waals surface area contributed by atoms with Gasteiger partial charge in [0.25, 0.3) is 0 Å². The van der Waals surface area contributed by atoms with Crippen molar-refractivity contribution in [2.75, 3.05) is 12.4 Å². The van der Waals surface area contributed by atoms with Crippen molar-refractivity contribution >= 4 is 16.6 Å². The number of aromatic amines is 1. The number of nitrogens with one attached hydrogen (secondary N) is 2. The average Bonchev–Trinajstić information content (AvgIpc) is 3.43. The molecule has 6 rings (SSSR count). The van der Waals surface area contributed by atoms with Crippen molar-refractivity contribution in [2.45, 2.75) is 0 Å². The zero-order valence-corrected chi connectivity index (χ0v) is 18.8. The van der Waals surface area contributed by atoms with Crippen LogP contribution in [-0.2, 0) is 0 Å². The summed E-state index contributed by atoms with van der Waals surface area (Å²) in [6.07, 6.45) is 5.07. The molecule has 4 heterocycles. The van der Waals surface area contributed by atoms with Gasteiger partial charge in [0, 0.05) is 47.8 Å². The second kappa shape index (κ2) is 8.75. The highest BCUT2D eigenvalue weighted by Crippen LogP contribution is 2.36. The summed E-state index contributed by atoms with van der Waals surface area (Å²) in [6.45, 7) is 0. The van der Waals surface area contributed by atoms with E-state index in [1.165, 1.54) is 0 Å². The summed E-state index contributed by atoms with van der Waals surface area (Å²) >= 11 is 0. The molecule has 0 bridgehead atoms. The number of aromatic nitrogens is 7. The Hall–Kier alpha value is -4.98. The predicted octanol–water partition coefficient (Wildman–Crippen LogP) is 5.25. The second-order valence-corrected chi connectivity index (χ2v) is 7.88. The molecule has 0 aliphatic carbocycles. The quantitative estimate of drug-likeness (QED) is 0.365. The van der Waals surface area contributed by atoms with E-state index in [0.29, 0.717) is 23.2 Å². The fraction of sp³-hybridized carbons (Fsp3) is 0.0370. The first-order valence-electron chi connectivity index (χ1n) is 11.1. The maximum Gasteiger partial charge on any atom is 0.200 e. The second-order valence-electron chi connectivity index (χ2n) is 7.88. The van der Waals surface area contributed by atoms with Crippen LogP contribution in [0, 0.1) is 0 Å². The minimum Gasteiger partial charge on any atom is -0.388 e. The van der Waals surface area contributed by atoms with Gasteiger partial charge in [-0.05, 0) is 35.9 Å². The number of fused-ring (bicyclic) bond motifs is 1. The fourth-order valence-corrected chi connectivity index (χ4v) is 4.02. The lowest BCUT2D eigenvalue weighted by molar-refractivity contribution is 1.06. The van der Waals surface area contributed by atoms with Gasteiger partial charge in [-0.2, -0.15) is 5.10 Å². The van der Waals surface area contributed by atoms with E-state index < -0.39 is 0 Å². The van der Waals surface area contributed by atoms with Crippen LogP contribution < -0.4 is 5.32 Å². The summed E-state index contributed by atoms with van der Waals surface area (Å²) in [6, 6.07) is 24.3. The predicted molar refractivity (Wildman–Crippen MR) is 136 cm³/mol. The van der Waals surface area contributed by atoms with Gasteiger partial charge in [-0.15, -0.1) is 0 Å². The molecule has 4 aromatic heterocycles. The number of benzene rings is 2. The van der Waals surface area contributed by atoms with Gasteiger partial charge in [-0.1, -0.05) is 42.5 Å². The van der Waals surface area contributed by atoms with Crippen LogP contribution in [0.3, 0.4) is 0 Å². The SMILES string of the molecule is CNc1ccc(-c2nc3ccnc(-c4n[nH]c(-c5ncccn5)n4)c3cc2-c2ccccc2)cc1. The maximum absolute atomic E-state index is 5.08. The lowest BCUT2D eigenvalue weighted by Gasteiger charge is -2.13. The number of hydrogen-bond acceptors (Lipinski definition) is 7. The first kappa shape index (κ1) is 20.6. The van der Waals surface area contributed by atoms with E-state index in [1.807, 2.05) is 31.3 Å². The molecule has 8 nitrogen and oxygen atoms in total. The molecule has 6 aromatic rings. The van der Waals surface area contributed by atoms with Crippen LogP contribution >= 0.6 is 0 Å². The number of rotatable bonds is 5. The Morgan fingerprint density at radius 3 is 2.26 bits per heavy atom. The molecular weight excluding hydrogens is 436 g/mol. The van der Waals surface area contributed by atoms with Crippen molar-refractivity contribution in [2.24, 2.45) is 0 Å². The fourth-order valence-electron chi connectivity index (χ4n) is 4.02. The van der Waals surface area contributed by atoms with Gasteiger partial charge in [-0.3, -0.25) is 10.1 Å². The molecule has 0 fully saturated rings. The lowest BCUT2D eigenvalue weighted by Crippen LogP contribution is -1.96. The zero-order chi connectivity index (χ0) is 23.6. The van der Waals surface area contributed by atoms with Gasteiger partial charge in [-0.25, -0.2) is 19.9 Å². The Kier molecular flexibility index (Phi) is 5.16. The molecule has 35 heavy (non-hydrogen) atoms. The molecule has 8 heteroatoms. The minimum atomic E-state index is 0.463. The van der Waals surface area contributed by atoms with E-state index >= 15 is 0 Å². The molecule has 0 spiro atoms. The summed E-state index contributed by atoms with van der Waals surface area (Å²) in [4.78, 5) is 22.8. The monoisotopic (exact) mass is 456 g/mol. The molecule has 0 amide bonds. The van der Waals surface area contributed by atoms with E-state index in [4.69, 9.17) is 4.98 Å². The largest absolute Gasteiger partial charge is 0.388 e. The lowest BCUT2D eigenvalue weighted by atomic mass is 9.97. The topological polar surface area (TPSA) is 105 Å². The molecule has 0 radical (unpaired) electrons. The highest BCUT2D eigenvalue weighted by Gasteiger charge is 2.17. The van der Waals surface area contributed by atoms with Crippen LogP contribution in [0.5, 0.6) is 0 Å². The summed E-state index contributed by atoms with van der Waals surface area (Å²) in [5, 5.41) is 11.4. The Morgan fingerprint density at radius 2 is 1.49 bits per heavy atom. The Bertz CT molecular complexity index is 1610. The minimum absolute atomic E-state index is 0.463. The van der Waals surface area contributed by atoms with Gasteiger partial charge < -0.3 is 5.32 Å². The number of anilines is 1. The molecule has 0 aliphatic rings. The Balaban J connectivity index is 1.54. The van der Waals surface area contributed by atoms with Crippen LogP contribution in [0.4, 0.5) is 5.69 Å². The third-order valence-electron chi connectivity index (χ3n) is 5.75. The van der Waals surface area contributed by atoms with Crippen molar-refractivity contribution in [3.05, 3.63) is 91.4 Å². The van der Waals surface area contributed by atoms with Crippen molar-refractivity contribution in [3.63, 3.8) is 0 Å². The van der Waals surface area contributed by atoms with Gasteiger partial charge >= 0.3 is 0 Å². The Morgan fingerprint density at radius 1 is 0.686 bits per heavy atom. The van der Waals surface area contributed by atoms with Gasteiger partial charge in [0.15, 0.2) is 11.6 Å². The van der Waals surface area contributed by atoms with Crippen LogP contribution in [0.15, 0.2) is 91.4 Å². The first-order valence-corrected chi connectivity index (χ1v) is 11.1. The molecule has 0 saturated heterocycles. The summed E-state index contributed by atoms with van der Waals surface area (Å²) in [5.41, 5.74) is 6.50. The zero-order valence-electron chi connectivity index (χ0n) is 18.8. The van der Waals surface area contributed by atoms with Gasteiger partial charge in [0.1, 0.15) is 5.69 Å². The van der Waals surface area contributed by atoms with Crippen molar-refractivity contribution < 1.29 is 0 Å². The summed E-state index contributed by atoms with van der Waals surface area (Å²) in [5.74, 6) is 1.42. The molecular formula is C27H20N8. The molecule has 0 unspecified atom stereocenters. The van der Waals surface area contributed by atoms with Crippen LogP contribution in [0.2, 0.25) is 0 Å². The van der Waals surface area contributed by atoms with Crippen molar-refractivity contribution in [3.8, 4) is 45.6 Å². The molecule has 0 saturated carbocycles. The third kappa shape index (κ3) is 3.87. The van der Waals surface area contributed by atoms with Gasteiger partial charge in [0.2, 0.25) is 5.82 Å². The highest BCUT2D eigenvalue weighted by molar-refractivity contribution is 5.97. The number of nitrogens with zero attached hydrogens (tertiary/aromatic N) is 6. The maximum atomic E-state index is 5.08. The molecule has 0 atom stereocenters. The van der Waals surface area contributed by atoms with Crippen LogP contribution in [0.1, 0.15) is 0 Å². The first-order chi connectivity index (χ1) is 17.3. The summed E-state index contributed by atoms with van der Waals surface area (Å²) < 4.78 is 0. The van der Waals surface area contributed by atoms with E-state index in [9.17, 15) is 0 Å². The molecule has 0 aliphatic heterocycles. The number of H-pyrrole nitrogens is 1. The van der Waals surface area contributed by atoms with E-state index in [0.717, 1.165) is 39.0 Å². The highest BCUT2D eigenvalue weighted by atomic mass is 15.2. The number of hydrogen-bond donors (Lipinski definition) is 2. The smallest absolute Gasteiger partial charge is 0.200 e. The Labute approximate surface area is 201 Å². The number of pyridine rings is 2. The molecule has 2 N–H and O–H groups in total. The van der Waals surface area contributed by atoms with E-state index in [-0.39, 0.29) is 0 Å². The van der Waals surface area contributed by atoms with Crippen LogP contribution in [0.25, 0.3) is 56.5 Å². The normalized spacial score (nSPS) is 11.0. The van der Waals surface area contributed by atoms with E-state index in [1.54, 1.807) is 24.7 Å². The van der Waals surface area contributed by atoms with E-state index in [2.05, 4.69) is 77.9 Å². The molecule has 2 aromatic carbocycles. The average molecular weight is 457 g/mol. The standard InChI is InChI=1S/C27H20N8/c1-28-19-10-8-18(9-11-19)23-20(17-6-3-2-4-7-17)16-21-22(32-23)12-15-29-24(21)25-33-27(35-34-25)26-30-13-5-14-31-26/h2-16,28H,1H3,(H,33,34,35). The van der Waals surface area contributed by atoms with Gasteiger partial charge in [0.05, 0.1) is 11.2 Å². The molecule has 168 valence electrons. The van der Waals surface area contributed by atoms with Crippen molar-refractivity contribution in [1.29, 1.82) is 0 Å². The summed E-state index contributed by atoms with van der Waals surface area (Å²) in [7, 11) is 1.91. The van der Waals surface area contributed by atoms with Crippen LogP contribution in [-0.4, -0.2) is 42.2 Å².